The monoisotopic (exact) mass is 481 g/mol. The van der Waals surface area contributed by atoms with Gasteiger partial charge in [-0.25, -0.2) is 0 Å². The van der Waals surface area contributed by atoms with Crippen molar-refractivity contribution in [2.45, 2.75) is 69.3 Å². The molecule has 0 saturated heterocycles. The van der Waals surface area contributed by atoms with Crippen LogP contribution in [0.25, 0.3) is 5.76 Å². The standard InChI is InChI=1S/C27H31NO7/c28-26(34)22-18(30)12-14-11-16-19(13-7-4-2-1-3-5-8-13)15-9-6-10-17(29)20(15)23(31)21(16)24(32)27(14,35)25(22)33/h6,9-10,13-14,16,19,29,31,33,35H,1-5,7-8,11-12H2,(H2,28,34)/t14-,16?,19?,27-/m0/s1. The first kappa shape index (κ1) is 23.6. The average molecular weight is 482 g/mol. The van der Waals surface area contributed by atoms with Crippen LogP contribution < -0.4 is 5.73 Å². The second-order valence-corrected chi connectivity index (χ2v) is 10.5. The number of aliphatic hydroxyl groups excluding tert-OH is 2. The molecule has 1 aromatic carbocycles. The van der Waals surface area contributed by atoms with Gasteiger partial charge < -0.3 is 26.2 Å². The third-order valence-corrected chi connectivity index (χ3v) is 8.66. The fourth-order valence-corrected chi connectivity index (χ4v) is 7.07. The van der Waals surface area contributed by atoms with Gasteiger partial charge in [-0.3, -0.25) is 14.4 Å². The van der Waals surface area contributed by atoms with Crippen LogP contribution in [0.1, 0.15) is 74.8 Å². The summed E-state index contributed by atoms with van der Waals surface area (Å²) in [5.41, 5.74) is 2.84. The van der Waals surface area contributed by atoms with Gasteiger partial charge in [-0.05, 0) is 48.6 Å². The molecule has 8 nitrogen and oxygen atoms in total. The van der Waals surface area contributed by atoms with E-state index in [1.165, 1.54) is 12.5 Å². The Morgan fingerprint density at radius 3 is 2.31 bits per heavy atom. The van der Waals surface area contributed by atoms with Crippen molar-refractivity contribution in [3.8, 4) is 5.75 Å². The van der Waals surface area contributed by atoms with Crippen LogP contribution in [0, 0.1) is 17.8 Å². The normalized spacial score (nSPS) is 31.9. The van der Waals surface area contributed by atoms with E-state index in [9.17, 15) is 34.8 Å². The van der Waals surface area contributed by atoms with Crippen LogP contribution in [0.2, 0.25) is 0 Å². The van der Waals surface area contributed by atoms with Crippen LogP contribution >= 0.6 is 0 Å². The zero-order chi connectivity index (χ0) is 25.1. The average Bonchev–Trinajstić information content (AvgIpc) is 2.77. The van der Waals surface area contributed by atoms with Crippen LogP contribution in [0.3, 0.4) is 0 Å². The number of phenolic OH excluding ortho intramolecular Hbond substituents is 1. The van der Waals surface area contributed by atoms with Crippen LogP contribution in [0.5, 0.6) is 5.75 Å². The van der Waals surface area contributed by atoms with Gasteiger partial charge in [0.05, 0.1) is 5.56 Å². The zero-order valence-corrected chi connectivity index (χ0v) is 19.5. The summed E-state index contributed by atoms with van der Waals surface area (Å²) in [6.07, 6.45) is 7.24. The highest BCUT2D eigenvalue weighted by atomic mass is 16.3. The first-order valence-electron chi connectivity index (χ1n) is 12.5. The van der Waals surface area contributed by atoms with Crippen LogP contribution in [-0.4, -0.2) is 43.5 Å². The van der Waals surface area contributed by atoms with E-state index in [2.05, 4.69) is 0 Å². The SMILES string of the molecule is NC(=O)C1=C(O)[C@@]2(O)C(=O)C3=C(O)c4c(O)cccc4C(C4CCCCCCC4)C3C[C@H]2CC1=O. The molecular formula is C27H31NO7. The van der Waals surface area contributed by atoms with Gasteiger partial charge in [0.1, 0.15) is 22.8 Å². The molecule has 2 saturated carbocycles. The van der Waals surface area contributed by atoms with Gasteiger partial charge in [0.2, 0.25) is 5.78 Å². The minimum atomic E-state index is -2.54. The van der Waals surface area contributed by atoms with E-state index in [0.29, 0.717) is 0 Å². The lowest BCUT2D eigenvalue weighted by atomic mass is 9.54. The Morgan fingerprint density at radius 1 is 1.00 bits per heavy atom. The number of primary amides is 1. The van der Waals surface area contributed by atoms with Crippen molar-refractivity contribution < 1.29 is 34.8 Å². The van der Waals surface area contributed by atoms with E-state index in [-0.39, 0.29) is 41.6 Å². The number of carbonyl (C=O) groups is 3. The maximum absolute atomic E-state index is 13.9. The number of phenols is 1. The maximum atomic E-state index is 13.9. The molecule has 0 heterocycles. The summed E-state index contributed by atoms with van der Waals surface area (Å²) in [5, 5.41) is 44.2. The third-order valence-electron chi connectivity index (χ3n) is 8.66. The Morgan fingerprint density at radius 2 is 1.66 bits per heavy atom. The number of amides is 1. The largest absolute Gasteiger partial charge is 0.508 e. The zero-order valence-electron chi connectivity index (χ0n) is 19.5. The number of ketones is 2. The number of benzene rings is 1. The van der Waals surface area contributed by atoms with Gasteiger partial charge in [-0.2, -0.15) is 0 Å². The minimum absolute atomic E-state index is 0.0606. The molecule has 4 aliphatic carbocycles. The lowest BCUT2D eigenvalue weighted by molar-refractivity contribution is -0.148. The summed E-state index contributed by atoms with van der Waals surface area (Å²) in [4.78, 5) is 38.4. The number of nitrogens with two attached hydrogens (primary N) is 1. The first-order valence-corrected chi connectivity index (χ1v) is 12.5. The maximum Gasteiger partial charge on any atom is 0.255 e. The summed E-state index contributed by atoms with van der Waals surface area (Å²) in [6, 6.07) is 5.03. The fraction of sp³-hybridized carbons (Fsp3) is 0.519. The molecule has 0 bridgehead atoms. The Bertz CT molecular complexity index is 1170. The Kier molecular flexibility index (Phi) is 5.74. The molecule has 4 atom stereocenters. The van der Waals surface area contributed by atoms with Crippen molar-refractivity contribution in [1.29, 1.82) is 0 Å². The van der Waals surface area contributed by atoms with Crippen molar-refractivity contribution in [3.05, 3.63) is 46.2 Å². The molecule has 0 aliphatic heterocycles. The van der Waals surface area contributed by atoms with Gasteiger partial charge in [0, 0.05) is 17.9 Å². The van der Waals surface area contributed by atoms with Crippen LogP contribution in [-0.2, 0) is 14.4 Å². The molecule has 35 heavy (non-hydrogen) atoms. The number of carbonyl (C=O) groups excluding carboxylic acids is 3. The van der Waals surface area contributed by atoms with E-state index in [1.54, 1.807) is 6.07 Å². The topological polar surface area (TPSA) is 158 Å². The number of fused-ring (bicyclic) bond motifs is 3. The van der Waals surface area contributed by atoms with E-state index >= 15 is 0 Å². The van der Waals surface area contributed by atoms with Crippen LogP contribution in [0.15, 0.2) is 35.1 Å². The van der Waals surface area contributed by atoms with E-state index in [0.717, 1.165) is 44.1 Å². The second kappa shape index (κ2) is 8.52. The lowest BCUT2D eigenvalue weighted by Crippen LogP contribution is -2.58. The molecule has 0 spiro atoms. The van der Waals surface area contributed by atoms with Gasteiger partial charge in [0.15, 0.2) is 11.4 Å². The molecule has 1 amide bonds. The van der Waals surface area contributed by atoms with Gasteiger partial charge >= 0.3 is 0 Å². The molecule has 2 fully saturated rings. The molecule has 186 valence electrons. The minimum Gasteiger partial charge on any atom is -0.508 e. The predicted octanol–water partition coefficient (Wildman–Crippen LogP) is 3.33. The number of rotatable bonds is 2. The summed E-state index contributed by atoms with van der Waals surface area (Å²) in [6.45, 7) is 0. The Hall–Kier alpha value is -3.13. The number of hydrogen-bond donors (Lipinski definition) is 5. The lowest BCUT2D eigenvalue weighted by Gasteiger charge is -2.49. The molecular weight excluding hydrogens is 450 g/mol. The van der Waals surface area contributed by atoms with Crippen molar-refractivity contribution in [2.24, 2.45) is 23.5 Å². The van der Waals surface area contributed by atoms with Gasteiger partial charge in [-0.1, -0.05) is 44.2 Å². The Balaban J connectivity index is 1.70. The van der Waals surface area contributed by atoms with Gasteiger partial charge in [0.25, 0.3) is 5.91 Å². The van der Waals surface area contributed by atoms with Crippen molar-refractivity contribution in [1.82, 2.24) is 0 Å². The molecule has 5 rings (SSSR count). The summed E-state index contributed by atoms with van der Waals surface area (Å²) < 4.78 is 0. The molecule has 2 unspecified atom stereocenters. The highest BCUT2D eigenvalue weighted by molar-refractivity contribution is 6.22. The predicted molar refractivity (Wildman–Crippen MR) is 126 cm³/mol. The summed E-state index contributed by atoms with van der Waals surface area (Å²) in [5.74, 6) is -5.96. The smallest absolute Gasteiger partial charge is 0.255 e. The molecule has 8 heteroatoms. The number of aliphatic hydroxyl groups is 3. The van der Waals surface area contributed by atoms with Gasteiger partial charge in [-0.15, -0.1) is 0 Å². The molecule has 0 radical (unpaired) electrons. The first-order chi connectivity index (χ1) is 16.7. The number of aromatic hydroxyl groups is 1. The molecule has 0 aromatic heterocycles. The third kappa shape index (κ3) is 3.41. The van der Waals surface area contributed by atoms with E-state index in [1.807, 2.05) is 6.07 Å². The van der Waals surface area contributed by atoms with Crippen molar-refractivity contribution in [2.75, 3.05) is 0 Å². The van der Waals surface area contributed by atoms with Crippen LogP contribution in [0.4, 0.5) is 0 Å². The highest BCUT2D eigenvalue weighted by Gasteiger charge is 2.62. The van der Waals surface area contributed by atoms with E-state index < -0.39 is 52.0 Å². The van der Waals surface area contributed by atoms with E-state index in [4.69, 9.17) is 5.73 Å². The highest BCUT2D eigenvalue weighted by Crippen LogP contribution is 2.58. The number of hydrogen-bond acceptors (Lipinski definition) is 7. The van der Waals surface area contributed by atoms with Crippen molar-refractivity contribution >= 4 is 23.2 Å². The molecule has 1 aromatic rings. The fourth-order valence-electron chi connectivity index (χ4n) is 7.07. The quantitative estimate of drug-likeness (QED) is 0.405. The second-order valence-electron chi connectivity index (χ2n) is 10.5. The van der Waals surface area contributed by atoms with Crippen molar-refractivity contribution in [3.63, 3.8) is 0 Å². The number of Topliss-reactive ketones (excluding diaryl/α,β-unsaturated/α-hetero) is 2. The molecule has 4 aliphatic rings. The summed E-state index contributed by atoms with van der Waals surface area (Å²) in [7, 11) is 0. The summed E-state index contributed by atoms with van der Waals surface area (Å²) >= 11 is 0. The Labute approximate surface area is 203 Å². The molecule has 6 N–H and O–H groups in total.